The molecule has 0 saturated carbocycles. The molecule has 0 aliphatic carbocycles. The van der Waals surface area contributed by atoms with E-state index in [4.69, 9.17) is 28.9 Å². The fraction of sp³-hybridized carbons (Fsp3) is 0.286. The summed E-state index contributed by atoms with van der Waals surface area (Å²) in [6, 6.07) is 0. The summed E-state index contributed by atoms with van der Waals surface area (Å²) in [5.74, 6) is 0. The standard InChI is InChI=1S/C7H6Cl2F2N2/c8-4-2-13-6(7(10)11)3(1-12)5(4)9/h2,7H,1,12H2. The van der Waals surface area contributed by atoms with E-state index in [9.17, 15) is 8.78 Å². The number of aromatic nitrogens is 1. The number of rotatable bonds is 2. The summed E-state index contributed by atoms with van der Waals surface area (Å²) in [6.45, 7) is -0.105. The average molecular weight is 227 g/mol. The molecule has 1 aromatic heterocycles. The Bertz CT molecular complexity index is 318. The van der Waals surface area contributed by atoms with Crippen molar-refractivity contribution in [3.63, 3.8) is 0 Å². The summed E-state index contributed by atoms with van der Waals surface area (Å²) < 4.78 is 24.6. The molecular formula is C7H6Cl2F2N2. The van der Waals surface area contributed by atoms with Gasteiger partial charge in [0.25, 0.3) is 6.43 Å². The maximum Gasteiger partial charge on any atom is 0.280 e. The van der Waals surface area contributed by atoms with Crippen LogP contribution in [0.3, 0.4) is 0 Å². The van der Waals surface area contributed by atoms with Gasteiger partial charge >= 0.3 is 0 Å². The Morgan fingerprint density at radius 1 is 1.46 bits per heavy atom. The van der Waals surface area contributed by atoms with Crippen LogP contribution in [0.2, 0.25) is 10.0 Å². The second-order valence-corrected chi connectivity index (χ2v) is 3.07. The lowest BCUT2D eigenvalue weighted by Gasteiger charge is -2.08. The Balaban J connectivity index is 3.30. The van der Waals surface area contributed by atoms with Gasteiger partial charge in [-0.05, 0) is 0 Å². The maximum atomic E-state index is 12.3. The fourth-order valence-corrected chi connectivity index (χ4v) is 1.29. The monoisotopic (exact) mass is 226 g/mol. The summed E-state index contributed by atoms with van der Waals surface area (Å²) in [5, 5.41) is 0.181. The third-order valence-corrected chi connectivity index (χ3v) is 2.33. The molecule has 0 saturated heterocycles. The van der Waals surface area contributed by atoms with Gasteiger partial charge in [0.05, 0.1) is 10.0 Å². The van der Waals surface area contributed by atoms with Gasteiger partial charge in [-0.3, -0.25) is 4.98 Å². The molecule has 0 radical (unpaired) electrons. The zero-order valence-corrected chi connectivity index (χ0v) is 7.91. The second kappa shape index (κ2) is 4.17. The van der Waals surface area contributed by atoms with Crippen molar-refractivity contribution < 1.29 is 8.78 Å². The molecule has 1 heterocycles. The van der Waals surface area contributed by atoms with Crippen molar-refractivity contribution in [3.8, 4) is 0 Å². The van der Waals surface area contributed by atoms with Crippen molar-refractivity contribution in [1.29, 1.82) is 0 Å². The molecule has 0 unspecified atom stereocenters. The highest BCUT2D eigenvalue weighted by Crippen LogP contribution is 2.31. The van der Waals surface area contributed by atoms with E-state index in [-0.39, 0.29) is 22.2 Å². The van der Waals surface area contributed by atoms with Gasteiger partial charge in [-0.15, -0.1) is 0 Å². The highest BCUT2D eigenvalue weighted by Gasteiger charge is 2.18. The highest BCUT2D eigenvalue weighted by molar-refractivity contribution is 6.42. The van der Waals surface area contributed by atoms with Gasteiger partial charge < -0.3 is 5.73 Å². The van der Waals surface area contributed by atoms with Crippen LogP contribution in [-0.4, -0.2) is 4.98 Å². The van der Waals surface area contributed by atoms with E-state index < -0.39 is 12.1 Å². The average Bonchev–Trinajstić information content (AvgIpc) is 2.09. The number of alkyl halides is 2. The predicted octanol–water partition coefficient (Wildman–Crippen LogP) is 2.78. The first kappa shape index (κ1) is 10.6. The third-order valence-electron chi connectivity index (χ3n) is 1.51. The summed E-state index contributed by atoms with van der Waals surface area (Å²) >= 11 is 11.2. The van der Waals surface area contributed by atoms with Crippen molar-refractivity contribution >= 4 is 23.2 Å². The molecule has 0 atom stereocenters. The molecule has 0 aliphatic rings. The Morgan fingerprint density at radius 2 is 2.08 bits per heavy atom. The Labute approximate surface area is 83.7 Å². The fourth-order valence-electron chi connectivity index (χ4n) is 0.900. The second-order valence-electron chi connectivity index (χ2n) is 2.29. The van der Waals surface area contributed by atoms with Crippen LogP contribution < -0.4 is 5.73 Å². The van der Waals surface area contributed by atoms with E-state index in [1.807, 2.05) is 0 Å². The van der Waals surface area contributed by atoms with Crippen molar-refractivity contribution in [2.45, 2.75) is 13.0 Å². The lowest BCUT2D eigenvalue weighted by molar-refractivity contribution is 0.145. The van der Waals surface area contributed by atoms with Gasteiger partial charge in [-0.1, -0.05) is 23.2 Å². The summed E-state index contributed by atoms with van der Waals surface area (Å²) in [4.78, 5) is 3.46. The molecule has 1 aromatic rings. The summed E-state index contributed by atoms with van der Waals surface area (Å²) in [6.07, 6.45) is -1.60. The quantitative estimate of drug-likeness (QED) is 0.843. The molecule has 1 rings (SSSR count). The molecule has 2 nitrogen and oxygen atoms in total. The number of nitrogens with two attached hydrogens (primary N) is 1. The van der Waals surface area contributed by atoms with E-state index in [0.717, 1.165) is 6.20 Å². The van der Waals surface area contributed by atoms with E-state index in [1.165, 1.54) is 0 Å². The van der Waals surface area contributed by atoms with Crippen molar-refractivity contribution in [1.82, 2.24) is 4.98 Å². The number of hydrogen-bond acceptors (Lipinski definition) is 2. The molecule has 2 N–H and O–H groups in total. The van der Waals surface area contributed by atoms with Gasteiger partial charge in [0, 0.05) is 18.3 Å². The minimum Gasteiger partial charge on any atom is -0.326 e. The van der Waals surface area contributed by atoms with E-state index >= 15 is 0 Å². The number of pyridine rings is 1. The Hall–Kier alpha value is -0.450. The van der Waals surface area contributed by atoms with E-state index in [0.29, 0.717) is 0 Å². The molecule has 0 fully saturated rings. The van der Waals surface area contributed by atoms with Crippen LogP contribution >= 0.6 is 23.2 Å². The summed E-state index contributed by atoms with van der Waals surface area (Å²) in [7, 11) is 0. The van der Waals surface area contributed by atoms with Crippen molar-refractivity contribution in [3.05, 3.63) is 27.5 Å². The Morgan fingerprint density at radius 3 is 2.54 bits per heavy atom. The van der Waals surface area contributed by atoms with Gasteiger partial charge in [0.2, 0.25) is 0 Å². The maximum absolute atomic E-state index is 12.3. The lowest BCUT2D eigenvalue weighted by Crippen LogP contribution is -2.05. The summed E-state index contributed by atoms with van der Waals surface area (Å²) in [5.41, 5.74) is 4.94. The van der Waals surface area contributed by atoms with Crippen LogP contribution in [0, 0.1) is 0 Å². The van der Waals surface area contributed by atoms with Crippen molar-refractivity contribution in [2.24, 2.45) is 5.73 Å². The van der Waals surface area contributed by atoms with Crippen molar-refractivity contribution in [2.75, 3.05) is 0 Å². The zero-order chi connectivity index (χ0) is 10.0. The molecule has 6 heteroatoms. The van der Waals surface area contributed by atoms with Crippen LogP contribution in [0.4, 0.5) is 8.78 Å². The SMILES string of the molecule is NCc1c(C(F)F)ncc(Cl)c1Cl. The zero-order valence-electron chi connectivity index (χ0n) is 6.40. The minimum atomic E-state index is -2.69. The van der Waals surface area contributed by atoms with Gasteiger partial charge in [0.15, 0.2) is 0 Å². The van der Waals surface area contributed by atoms with Crippen LogP contribution in [0.25, 0.3) is 0 Å². The molecular weight excluding hydrogens is 221 g/mol. The largest absolute Gasteiger partial charge is 0.326 e. The molecule has 0 spiro atoms. The molecule has 13 heavy (non-hydrogen) atoms. The lowest BCUT2D eigenvalue weighted by atomic mass is 10.2. The first-order valence-electron chi connectivity index (χ1n) is 3.39. The first-order valence-corrected chi connectivity index (χ1v) is 4.14. The molecule has 0 aliphatic heterocycles. The van der Waals surface area contributed by atoms with E-state index in [1.54, 1.807) is 0 Å². The van der Waals surface area contributed by atoms with E-state index in [2.05, 4.69) is 4.98 Å². The third kappa shape index (κ3) is 2.07. The molecule has 0 aromatic carbocycles. The molecule has 0 bridgehead atoms. The number of nitrogens with zero attached hydrogens (tertiary/aromatic N) is 1. The predicted molar refractivity (Wildman–Crippen MR) is 47.1 cm³/mol. The normalized spacial score (nSPS) is 10.9. The number of hydrogen-bond donors (Lipinski definition) is 1. The van der Waals surface area contributed by atoms with Crippen LogP contribution in [0.15, 0.2) is 6.20 Å². The van der Waals surface area contributed by atoms with Crippen LogP contribution in [-0.2, 0) is 6.54 Å². The van der Waals surface area contributed by atoms with Gasteiger partial charge in [0.1, 0.15) is 5.69 Å². The van der Waals surface area contributed by atoms with Gasteiger partial charge in [-0.25, -0.2) is 8.78 Å². The smallest absolute Gasteiger partial charge is 0.280 e. The minimum absolute atomic E-state index is 0.0504. The van der Waals surface area contributed by atoms with Crippen LogP contribution in [0.5, 0.6) is 0 Å². The highest BCUT2D eigenvalue weighted by atomic mass is 35.5. The number of halogens is 4. The first-order chi connectivity index (χ1) is 6.07. The van der Waals surface area contributed by atoms with Crippen LogP contribution in [0.1, 0.15) is 17.7 Å². The molecule has 0 amide bonds. The topological polar surface area (TPSA) is 38.9 Å². The molecule has 72 valence electrons. The Kier molecular flexibility index (Phi) is 3.41. The van der Waals surface area contributed by atoms with Gasteiger partial charge in [-0.2, -0.15) is 0 Å².